The van der Waals surface area contributed by atoms with Gasteiger partial charge in [-0.05, 0) is 37.6 Å². The highest BCUT2D eigenvalue weighted by atomic mass is 32.2. The molecule has 0 aliphatic heterocycles. The minimum absolute atomic E-state index is 0.0460. The molecule has 3 rings (SSSR count). The monoisotopic (exact) mass is 412 g/mol. The second kappa shape index (κ2) is 8.87. The number of non-ortho nitro benzene ring substituents is 1. The van der Waals surface area contributed by atoms with E-state index in [2.05, 4.69) is 10.3 Å². The molecule has 1 aromatic heterocycles. The minimum atomic E-state index is -0.499. The largest absolute Gasteiger partial charge is 0.325 e. The summed E-state index contributed by atoms with van der Waals surface area (Å²) in [5, 5.41) is 14.4. The zero-order chi connectivity index (χ0) is 21.0. The Balaban J connectivity index is 1.79. The Bertz CT molecular complexity index is 1110. The molecule has 0 spiro atoms. The number of anilines is 1. The number of nitro groups is 1. The van der Waals surface area contributed by atoms with E-state index in [1.54, 1.807) is 22.8 Å². The smallest absolute Gasteiger partial charge is 0.269 e. The summed E-state index contributed by atoms with van der Waals surface area (Å²) in [5.41, 5.74) is 0.890. The Morgan fingerprint density at radius 3 is 2.59 bits per heavy atom. The van der Waals surface area contributed by atoms with Gasteiger partial charge in [0.15, 0.2) is 5.16 Å². The van der Waals surface area contributed by atoms with Gasteiger partial charge in [-0.3, -0.25) is 24.3 Å². The fourth-order valence-electron chi connectivity index (χ4n) is 2.79. The van der Waals surface area contributed by atoms with Crippen molar-refractivity contribution in [1.82, 2.24) is 9.55 Å². The summed E-state index contributed by atoms with van der Waals surface area (Å²) in [6.07, 6.45) is 0.752. The molecule has 1 N–H and O–H groups in total. The predicted molar refractivity (Wildman–Crippen MR) is 113 cm³/mol. The molecule has 0 saturated heterocycles. The molecule has 0 unspecified atom stereocenters. The van der Waals surface area contributed by atoms with Crippen LogP contribution in [0, 0.1) is 10.1 Å². The van der Waals surface area contributed by atoms with Crippen molar-refractivity contribution in [2.45, 2.75) is 31.5 Å². The van der Waals surface area contributed by atoms with Crippen molar-refractivity contribution in [2.24, 2.45) is 0 Å². The molecule has 0 bridgehead atoms. The number of hydrogen-bond acceptors (Lipinski definition) is 6. The number of amides is 1. The first-order valence-corrected chi connectivity index (χ1v) is 10.1. The molecule has 1 heterocycles. The summed E-state index contributed by atoms with van der Waals surface area (Å²) < 4.78 is 1.63. The van der Waals surface area contributed by atoms with E-state index in [0.29, 0.717) is 21.7 Å². The Labute approximate surface area is 171 Å². The van der Waals surface area contributed by atoms with Crippen molar-refractivity contribution in [1.29, 1.82) is 0 Å². The van der Waals surface area contributed by atoms with Gasteiger partial charge in [0.05, 0.1) is 21.6 Å². The van der Waals surface area contributed by atoms with Crippen LogP contribution in [0.4, 0.5) is 11.4 Å². The Hall–Kier alpha value is -3.20. The van der Waals surface area contributed by atoms with Crippen LogP contribution in [0.1, 0.15) is 26.3 Å². The second-order valence-electron chi connectivity index (χ2n) is 6.48. The van der Waals surface area contributed by atoms with Crippen LogP contribution in [0.15, 0.2) is 58.5 Å². The number of carbonyl (C=O) groups is 1. The molecule has 0 radical (unpaired) electrons. The number of nitro benzene ring substituents is 1. The lowest BCUT2D eigenvalue weighted by atomic mass is 10.2. The Morgan fingerprint density at radius 2 is 1.93 bits per heavy atom. The molecule has 150 valence electrons. The highest BCUT2D eigenvalue weighted by Gasteiger charge is 2.16. The molecule has 0 aliphatic rings. The van der Waals surface area contributed by atoms with Gasteiger partial charge in [0.25, 0.3) is 11.2 Å². The van der Waals surface area contributed by atoms with Crippen LogP contribution >= 0.6 is 11.8 Å². The summed E-state index contributed by atoms with van der Waals surface area (Å²) in [6.45, 7) is 3.93. The highest BCUT2D eigenvalue weighted by Crippen LogP contribution is 2.23. The zero-order valence-corrected chi connectivity index (χ0v) is 16.8. The minimum Gasteiger partial charge on any atom is -0.325 e. The molecular weight excluding hydrogens is 392 g/mol. The molecule has 9 heteroatoms. The average molecular weight is 412 g/mol. The standard InChI is InChI=1S/C20H20N4O4S/c1-3-13(2)23-19(26)16-6-4-5-7-17(16)22-20(23)29-12-18(25)21-14-8-10-15(11-9-14)24(27)28/h4-11,13H,3,12H2,1-2H3,(H,21,25)/t13-/m0/s1. The SMILES string of the molecule is CC[C@H](C)n1c(SCC(=O)Nc2ccc([N+](=O)[O-])cc2)nc2ccccc2c1=O. The lowest BCUT2D eigenvalue weighted by molar-refractivity contribution is -0.384. The number of hydrogen-bond donors (Lipinski definition) is 1. The molecule has 1 amide bonds. The maximum atomic E-state index is 12.9. The summed E-state index contributed by atoms with van der Waals surface area (Å²) in [7, 11) is 0. The number of nitrogens with one attached hydrogen (secondary N) is 1. The lowest BCUT2D eigenvalue weighted by Crippen LogP contribution is -2.26. The maximum absolute atomic E-state index is 12.9. The fourth-order valence-corrected chi connectivity index (χ4v) is 3.69. The van der Waals surface area contributed by atoms with E-state index in [1.807, 2.05) is 19.9 Å². The van der Waals surface area contributed by atoms with Crippen molar-refractivity contribution >= 4 is 39.9 Å². The molecule has 29 heavy (non-hydrogen) atoms. The van der Waals surface area contributed by atoms with Gasteiger partial charge < -0.3 is 5.32 Å². The van der Waals surface area contributed by atoms with Gasteiger partial charge in [-0.15, -0.1) is 0 Å². The third-order valence-corrected chi connectivity index (χ3v) is 5.45. The van der Waals surface area contributed by atoms with Gasteiger partial charge in [0, 0.05) is 23.9 Å². The van der Waals surface area contributed by atoms with E-state index in [0.717, 1.165) is 6.42 Å². The van der Waals surface area contributed by atoms with E-state index in [1.165, 1.54) is 36.0 Å². The van der Waals surface area contributed by atoms with E-state index >= 15 is 0 Å². The molecular formula is C20H20N4O4S. The molecule has 0 saturated carbocycles. The van der Waals surface area contributed by atoms with Crippen molar-refractivity contribution in [2.75, 3.05) is 11.1 Å². The molecule has 8 nitrogen and oxygen atoms in total. The number of fused-ring (bicyclic) bond motifs is 1. The number of aromatic nitrogens is 2. The van der Waals surface area contributed by atoms with Crippen molar-refractivity contribution in [3.63, 3.8) is 0 Å². The number of nitrogens with zero attached hydrogens (tertiary/aromatic N) is 3. The van der Waals surface area contributed by atoms with E-state index in [-0.39, 0.29) is 28.9 Å². The first kappa shape index (κ1) is 20.5. The Morgan fingerprint density at radius 1 is 1.24 bits per heavy atom. The topological polar surface area (TPSA) is 107 Å². The molecule has 0 aliphatic carbocycles. The second-order valence-corrected chi connectivity index (χ2v) is 7.43. The van der Waals surface area contributed by atoms with Crippen molar-refractivity contribution < 1.29 is 9.72 Å². The third kappa shape index (κ3) is 4.62. The summed E-state index contributed by atoms with van der Waals surface area (Å²) in [4.78, 5) is 40.0. The van der Waals surface area contributed by atoms with Gasteiger partial charge in [-0.1, -0.05) is 30.8 Å². The van der Waals surface area contributed by atoms with E-state index in [4.69, 9.17) is 0 Å². The molecule has 1 atom stereocenters. The first-order valence-electron chi connectivity index (χ1n) is 9.09. The van der Waals surface area contributed by atoms with Gasteiger partial charge in [-0.2, -0.15) is 0 Å². The van der Waals surface area contributed by atoms with E-state index < -0.39 is 4.92 Å². The first-order chi connectivity index (χ1) is 13.9. The third-order valence-electron chi connectivity index (χ3n) is 4.50. The molecule has 0 fully saturated rings. The van der Waals surface area contributed by atoms with Crippen LogP contribution < -0.4 is 10.9 Å². The van der Waals surface area contributed by atoms with Gasteiger partial charge in [0.2, 0.25) is 5.91 Å². The van der Waals surface area contributed by atoms with Gasteiger partial charge in [0.1, 0.15) is 0 Å². The lowest BCUT2D eigenvalue weighted by Gasteiger charge is -2.18. The highest BCUT2D eigenvalue weighted by molar-refractivity contribution is 7.99. The molecule has 2 aromatic carbocycles. The summed E-state index contributed by atoms with van der Waals surface area (Å²) >= 11 is 1.19. The number of benzene rings is 2. The quantitative estimate of drug-likeness (QED) is 0.272. The summed E-state index contributed by atoms with van der Waals surface area (Å²) in [5.74, 6) is -0.236. The predicted octanol–water partition coefficient (Wildman–Crippen LogP) is 4.01. The average Bonchev–Trinajstić information content (AvgIpc) is 2.72. The number of rotatable bonds is 7. The number of para-hydroxylation sites is 1. The van der Waals surface area contributed by atoms with Crippen LogP contribution in [0.2, 0.25) is 0 Å². The van der Waals surface area contributed by atoms with Crippen molar-refractivity contribution in [3.05, 3.63) is 69.0 Å². The van der Waals surface area contributed by atoms with Crippen LogP contribution in [0.3, 0.4) is 0 Å². The zero-order valence-electron chi connectivity index (χ0n) is 16.0. The number of thioether (sulfide) groups is 1. The Kier molecular flexibility index (Phi) is 6.28. The molecule has 3 aromatic rings. The van der Waals surface area contributed by atoms with Gasteiger partial charge >= 0.3 is 0 Å². The number of carbonyl (C=O) groups excluding carboxylic acids is 1. The van der Waals surface area contributed by atoms with Crippen LogP contribution in [0.5, 0.6) is 0 Å². The fraction of sp³-hybridized carbons (Fsp3) is 0.250. The normalized spacial score (nSPS) is 11.9. The van der Waals surface area contributed by atoms with Gasteiger partial charge in [-0.25, -0.2) is 4.98 Å². The van der Waals surface area contributed by atoms with E-state index in [9.17, 15) is 19.7 Å². The summed E-state index contributed by atoms with van der Waals surface area (Å²) in [6, 6.07) is 12.7. The van der Waals surface area contributed by atoms with Crippen LogP contribution in [-0.2, 0) is 4.79 Å². The van der Waals surface area contributed by atoms with Crippen molar-refractivity contribution in [3.8, 4) is 0 Å². The van der Waals surface area contributed by atoms with Crippen LogP contribution in [0.25, 0.3) is 10.9 Å². The maximum Gasteiger partial charge on any atom is 0.269 e. The van der Waals surface area contributed by atoms with Crippen LogP contribution in [-0.4, -0.2) is 26.1 Å².